The van der Waals surface area contributed by atoms with Gasteiger partial charge in [-0.1, -0.05) is 121 Å². The highest BCUT2D eigenvalue weighted by atomic mass is 31.2. The monoisotopic (exact) mass is 674 g/mol. The highest BCUT2D eigenvalue weighted by Gasteiger charge is 2.60. The van der Waals surface area contributed by atoms with Crippen LogP contribution in [0, 0.1) is 0 Å². The van der Waals surface area contributed by atoms with Gasteiger partial charge in [-0.3, -0.25) is 4.57 Å². The average Bonchev–Trinajstić information content (AvgIpc) is 3.39. The molecule has 0 aliphatic carbocycles. The fraction of sp³-hybridized carbons (Fsp3) is 0.385. The third-order valence-electron chi connectivity index (χ3n) is 8.09. The third kappa shape index (κ3) is 10.4. The summed E-state index contributed by atoms with van der Waals surface area (Å²) >= 11 is 0. The smallest absolute Gasteiger partial charge is 0.333 e. The summed E-state index contributed by atoms with van der Waals surface area (Å²) in [7, 11) is -3.66. The summed E-state index contributed by atoms with van der Waals surface area (Å²) < 4.78 is 59.1. The van der Waals surface area contributed by atoms with Gasteiger partial charge in [0.25, 0.3) is 0 Å². The minimum absolute atomic E-state index is 0.0614. The zero-order valence-electron chi connectivity index (χ0n) is 27.9. The predicted molar refractivity (Wildman–Crippen MR) is 186 cm³/mol. The zero-order valence-corrected chi connectivity index (χ0v) is 28.8. The molecular formula is C39H47O8P. The summed E-state index contributed by atoms with van der Waals surface area (Å²) in [5.41, 5.74) is 2.79. The Morgan fingerprint density at radius 3 is 1.52 bits per heavy atom. The van der Waals surface area contributed by atoms with Crippen molar-refractivity contribution in [2.45, 2.75) is 64.2 Å². The molecule has 4 aromatic rings. The first-order chi connectivity index (χ1) is 23.5. The fourth-order valence-electron chi connectivity index (χ4n) is 5.95. The van der Waals surface area contributed by atoms with Crippen LogP contribution in [0.3, 0.4) is 0 Å². The van der Waals surface area contributed by atoms with Crippen molar-refractivity contribution < 1.29 is 37.3 Å². The summed E-state index contributed by atoms with van der Waals surface area (Å²) in [6.07, 6.45) is -1.97. The van der Waals surface area contributed by atoms with Crippen LogP contribution in [0.1, 0.15) is 36.1 Å². The van der Waals surface area contributed by atoms with Gasteiger partial charge in [0.15, 0.2) is 0 Å². The van der Waals surface area contributed by atoms with Gasteiger partial charge in [-0.2, -0.15) is 0 Å². The second kappa shape index (κ2) is 18.6. The van der Waals surface area contributed by atoms with E-state index in [2.05, 4.69) is 0 Å². The Morgan fingerprint density at radius 1 is 0.604 bits per heavy atom. The molecule has 0 aromatic heterocycles. The first kappa shape index (κ1) is 36.1. The average molecular weight is 675 g/mol. The summed E-state index contributed by atoms with van der Waals surface area (Å²) in [5, 5.41) is 0. The van der Waals surface area contributed by atoms with Crippen molar-refractivity contribution in [3.05, 3.63) is 144 Å². The summed E-state index contributed by atoms with van der Waals surface area (Å²) in [6.45, 7) is 5.64. The predicted octanol–water partition coefficient (Wildman–Crippen LogP) is 7.99. The third-order valence-corrected chi connectivity index (χ3v) is 10.3. The van der Waals surface area contributed by atoms with Gasteiger partial charge >= 0.3 is 7.60 Å². The van der Waals surface area contributed by atoms with Crippen LogP contribution in [0.2, 0.25) is 0 Å². The summed E-state index contributed by atoms with van der Waals surface area (Å²) in [5.74, 6) is 0. The molecule has 0 bridgehead atoms. The van der Waals surface area contributed by atoms with Crippen LogP contribution >= 0.6 is 7.60 Å². The zero-order chi connectivity index (χ0) is 33.5. The number of hydrogen-bond donors (Lipinski definition) is 0. The van der Waals surface area contributed by atoms with Gasteiger partial charge in [-0.05, 0) is 36.1 Å². The lowest BCUT2D eigenvalue weighted by Gasteiger charge is -2.37. The van der Waals surface area contributed by atoms with Crippen LogP contribution in [0.15, 0.2) is 121 Å². The van der Waals surface area contributed by atoms with Gasteiger partial charge in [-0.25, -0.2) is 0 Å². The Morgan fingerprint density at radius 2 is 1.04 bits per heavy atom. The van der Waals surface area contributed by atoms with Gasteiger partial charge in [0, 0.05) is 0 Å². The van der Waals surface area contributed by atoms with E-state index in [4.69, 9.17) is 32.7 Å². The first-order valence-corrected chi connectivity index (χ1v) is 18.4. The van der Waals surface area contributed by atoms with E-state index in [0.717, 1.165) is 22.3 Å². The first-order valence-electron chi connectivity index (χ1n) is 16.6. The van der Waals surface area contributed by atoms with Crippen molar-refractivity contribution in [2.75, 3.05) is 32.6 Å². The van der Waals surface area contributed by atoms with Crippen LogP contribution in [0.25, 0.3) is 0 Å². The molecule has 5 rings (SSSR count). The molecule has 8 nitrogen and oxygen atoms in total. The molecule has 9 heteroatoms. The lowest BCUT2D eigenvalue weighted by molar-refractivity contribution is -0.144. The van der Waals surface area contributed by atoms with Crippen LogP contribution in [0.4, 0.5) is 0 Å². The molecule has 1 heterocycles. The fourth-order valence-corrected chi connectivity index (χ4v) is 7.99. The lowest BCUT2D eigenvalue weighted by atomic mass is 9.96. The molecule has 1 fully saturated rings. The van der Waals surface area contributed by atoms with Gasteiger partial charge in [-0.15, -0.1) is 0 Å². The summed E-state index contributed by atoms with van der Waals surface area (Å²) in [6, 6.07) is 39.8. The van der Waals surface area contributed by atoms with Gasteiger partial charge in [0.05, 0.1) is 59.0 Å². The van der Waals surface area contributed by atoms with E-state index in [1.807, 2.05) is 121 Å². The number of benzene rings is 4. The maximum Gasteiger partial charge on any atom is 0.333 e. The Hall–Kier alpha value is -3.17. The molecule has 0 N–H and O–H groups in total. The van der Waals surface area contributed by atoms with Crippen molar-refractivity contribution in [2.24, 2.45) is 0 Å². The molecule has 1 aliphatic heterocycles. The van der Waals surface area contributed by atoms with Crippen molar-refractivity contribution in [3.63, 3.8) is 0 Å². The molecule has 0 saturated carbocycles. The van der Waals surface area contributed by atoms with E-state index < -0.39 is 31.5 Å². The minimum atomic E-state index is -3.66. The van der Waals surface area contributed by atoms with Crippen LogP contribution in [0.5, 0.6) is 0 Å². The van der Waals surface area contributed by atoms with E-state index in [-0.39, 0.29) is 39.2 Å². The SMILES string of the molecule is CCOP(=O)(C[C@@]1(COCc2ccccc2)O[C@H](COCc2ccccc2)[C@@H](OCc2ccccc2)[C@@H]1OCc1ccccc1)OCC. The van der Waals surface area contributed by atoms with Crippen LogP contribution in [-0.2, 0) is 63.7 Å². The minimum Gasteiger partial charge on any atom is -0.374 e. The van der Waals surface area contributed by atoms with Gasteiger partial charge < -0.3 is 32.7 Å². The van der Waals surface area contributed by atoms with E-state index in [0.29, 0.717) is 19.8 Å². The Balaban J connectivity index is 1.49. The van der Waals surface area contributed by atoms with Gasteiger partial charge in [0.2, 0.25) is 0 Å². The van der Waals surface area contributed by atoms with Crippen molar-refractivity contribution in [1.82, 2.24) is 0 Å². The normalized spacial score (nSPS) is 21.0. The molecule has 0 amide bonds. The molecule has 48 heavy (non-hydrogen) atoms. The number of ether oxygens (including phenoxy) is 5. The molecule has 256 valence electrons. The topological polar surface area (TPSA) is 81.7 Å². The molecule has 1 saturated heterocycles. The van der Waals surface area contributed by atoms with E-state index in [9.17, 15) is 4.57 Å². The molecule has 4 atom stereocenters. The van der Waals surface area contributed by atoms with Crippen molar-refractivity contribution >= 4 is 7.60 Å². The maximum absolute atomic E-state index is 14.3. The molecule has 0 radical (unpaired) electrons. The standard InChI is InChI=1S/C39H47O8P/c1-3-45-48(40,46-4-2)31-39(30-42-26-33-19-11-6-12-20-33)38(44-28-35-23-15-8-16-24-35)37(43-27-34-21-13-7-14-22-34)36(47-39)29-41-25-32-17-9-5-10-18-32/h5-24,36-38H,3-4,25-31H2,1-2H3/t36-,37-,38+,39-/m1/s1. The quantitative estimate of drug-likeness (QED) is 0.0873. The maximum atomic E-state index is 14.3. The van der Waals surface area contributed by atoms with Crippen LogP contribution in [-0.4, -0.2) is 56.5 Å². The highest BCUT2D eigenvalue weighted by molar-refractivity contribution is 7.53. The highest BCUT2D eigenvalue weighted by Crippen LogP contribution is 2.54. The van der Waals surface area contributed by atoms with Crippen molar-refractivity contribution in [1.29, 1.82) is 0 Å². The Bertz CT molecular complexity index is 1500. The second-order valence-corrected chi connectivity index (χ2v) is 13.8. The number of hydrogen-bond acceptors (Lipinski definition) is 8. The van der Waals surface area contributed by atoms with E-state index in [1.54, 1.807) is 13.8 Å². The van der Waals surface area contributed by atoms with E-state index >= 15 is 0 Å². The summed E-state index contributed by atoms with van der Waals surface area (Å²) in [4.78, 5) is 0. The van der Waals surface area contributed by atoms with Crippen LogP contribution < -0.4 is 0 Å². The van der Waals surface area contributed by atoms with Gasteiger partial charge in [0.1, 0.15) is 23.9 Å². The second-order valence-electron chi connectivity index (χ2n) is 11.8. The number of rotatable bonds is 20. The van der Waals surface area contributed by atoms with E-state index in [1.165, 1.54) is 0 Å². The Kier molecular flexibility index (Phi) is 14.0. The van der Waals surface area contributed by atoms with Crippen molar-refractivity contribution in [3.8, 4) is 0 Å². The molecule has 1 aliphatic rings. The molecule has 0 unspecified atom stereocenters. The molecular weight excluding hydrogens is 627 g/mol. The largest absolute Gasteiger partial charge is 0.374 e. The molecule has 0 spiro atoms. The Labute approximate surface area is 284 Å². The molecule has 4 aromatic carbocycles. The lowest BCUT2D eigenvalue weighted by Crippen LogP contribution is -2.52.